The first-order valence-electron chi connectivity index (χ1n) is 10.3. The third-order valence-electron chi connectivity index (χ3n) is 5.84. The number of piperazine rings is 1. The van der Waals surface area contributed by atoms with Crippen LogP contribution in [0.4, 0.5) is 5.82 Å². The molecule has 7 nitrogen and oxygen atoms in total. The van der Waals surface area contributed by atoms with Crippen molar-refractivity contribution in [3.8, 4) is 0 Å². The third kappa shape index (κ3) is 3.70. The average Bonchev–Trinajstić information content (AvgIpc) is 3.46. The Morgan fingerprint density at radius 3 is 2.55 bits per heavy atom. The van der Waals surface area contributed by atoms with Gasteiger partial charge in [0.25, 0.3) is 5.91 Å². The summed E-state index contributed by atoms with van der Waals surface area (Å²) in [6, 6.07) is 11.8. The molecule has 2 aliphatic rings. The van der Waals surface area contributed by atoms with Gasteiger partial charge in [-0.1, -0.05) is 12.1 Å². The first-order valence-corrected chi connectivity index (χ1v) is 10.3. The molecular weight excluding hydrogens is 366 g/mol. The molecule has 5 rings (SSSR count). The molecule has 0 N–H and O–H groups in total. The van der Waals surface area contributed by atoms with E-state index in [0.717, 1.165) is 55.2 Å². The lowest BCUT2D eigenvalue weighted by molar-refractivity contribution is 0.0711. The molecule has 0 aliphatic carbocycles. The van der Waals surface area contributed by atoms with E-state index < -0.39 is 0 Å². The molecule has 29 heavy (non-hydrogen) atoms. The smallest absolute Gasteiger partial charge is 0.289 e. The summed E-state index contributed by atoms with van der Waals surface area (Å²) in [6.07, 6.45) is 4.11. The summed E-state index contributed by atoms with van der Waals surface area (Å²) in [4.78, 5) is 28.2. The number of benzene rings is 1. The lowest BCUT2D eigenvalue weighted by Crippen LogP contribution is -2.49. The Hall–Kier alpha value is -2.93. The number of fused-ring (bicyclic) bond motifs is 1. The van der Waals surface area contributed by atoms with Crippen LogP contribution < -0.4 is 4.90 Å². The maximum absolute atomic E-state index is 12.9. The Morgan fingerprint density at radius 2 is 1.72 bits per heavy atom. The second kappa shape index (κ2) is 7.83. The highest BCUT2D eigenvalue weighted by molar-refractivity contribution is 5.92. The van der Waals surface area contributed by atoms with Gasteiger partial charge in [0.05, 0.1) is 12.1 Å². The van der Waals surface area contributed by atoms with E-state index in [2.05, 4.69) is 19.8 Å². The van der Waals surface area contributed by atoms with Gasteiger partial charge in [-0.05, 0) is 50.2 Å². The van der Waals surface area contributed by atoms with Crippen LogP contribution >= 0.6 is 0 Å². The highest BCUT2D eigenvalue weighted by Crippen LogP contribution is 2.24. The SMILES string of the molecule is O=C(c1ccc(CN2CCCC2)o1)N1CCN(c2ncnc3ccccc23)CC1. The van der Waals surface area contributed by atoms with Crippen LogP contribution in [-0.4, -0.2) is 64.9 Å². The van der Waals surface area contributed by atoms with Crippen LogP contribution in [0.25, 0.3) is 10.9 Å². The van der Waals surface area contributed by atoms with Gasteiger partial charge in [0.1, 0.15) is 17.9 Å². The number of para-hydroxylation sites is 1. The van der Waals surface area contributed by atoms with Crippen LogP contribution in [0.5, 0.6) is 0 Å². The molecule has 0 radical (unpaired) electrons. The number of nitrogens with zero attached hydrogens (tertiary/aromatic N) is 5. The molecule has 0 spiro atoms. The molecule has 0 bridgehead atoms. The Balaban J connectivity index is 1.23. The zero-order valence-corrected chi connectivity index (χ0v) is 16.5. The summed E-state index contributed by atoms with van der Waals surface area (Å²) in [5.41, 5.74) is 0.942. The second-order valence-corrected chi connectivity index (χ2v) is 7.74. The molecule has 2 aromatic heterocycles. The monoisotopic (exact) mass is 391 g/mol. The van der Waals surface area contributed by atoms with E-state index in [-0.39, 0.29) is 5.91 Å². The summed E-state index contributed by atoms with van der Waals surface area (Å²) < 4.78 is 5.86. The number of likely N-dealkylation sites (tertiary alicyclic amines) is 1. The average molecular weight is 391 g/mol. The normalized spacial score (nSPS) is 17.9. The standard InChI is InChI=1S/C22H25N5O2/c28-22(20-8-7-17(29-20)15-25-9-3-4-10-25)27-13-11-26(12-14-27)21-18-5-1-2-6-19(18)23-16-24-21/h1-2,5-8,16H,3-4,9-15H2. The largest absolute Gasteiger partial charge is 0.455 e. The molecule has 1 aromatic carbocycles. The van der Waals surface area contributed by atoms with Gasteiger partial charge in [-0.3, -0.25) is 9.69 Å². The molecule has 1 amide bonds. The minimum atomic E-state index is -0.0233. The minimum absolute atomic E-state index is 0.0233. The maximum Gasteiger partial charge on any atom is 0.289 e. The lowest BCUT2D eigenvalue weighted by atomic mass is 10.2. The molecule has 150 valence electrons. The number of hydrogen-bond acceptors (Lipinski definition) is 6. The van der Waals surface area contributed by atoms with Crippen LogP contribution in [0.3, 0.4) is 0 Å². The number of amides is 1. The third-order valence-corrected chi connectivity index (χ3v) is 5.84. The topological polar surface area (TPSA) is 65.7 Å². The summed E-state index contributed by atoms with van der Waals surface area (Å²) in [5.74, 6) is 2.24. The van der Waals surface area contributed by atoms with Gasteiger partial charge in [-0.2, -0.15) is 0 Å². The number of furan rings is 1. The van der Waals surface area contributed by atoms with E-state index in [0.29, 0.717) is 18.8 Å². The number of aromatic nitrogens is 2. The molecule has 2 saturated heterocycles. The first kappa shape index (κ1) is 18.1. The molecule has 2 fully saturated rings. The zero-order chi connectivity index (χ0) is 19.6. The number of hydrogen-bond donors (Lipinski definition) is 0. The molecule has 0 atom stereocenters. The van der Waals surface area contributed by atoms with Crippen LogP contribution in [0, 0.1) is 0 Å². The number of carbonyl (C=O) groups is 1. The van der Waals surface area contributed by atoms with Crippen LogP contribution in [-0.2, 0) is 6.54 Å². The van der Waals surface area contributed by atoms with Crippen molar-refractivity contribution in [1.82, 2.24) is 19.8 Å². The van der Waals surface area contributed by atoms with Crippen molar-refractivity contribution < 1.29 is 9.21 Å². The first-order chi connectivity index (χ1) is 14.3. The molecule has 0 saturated carbocycles. The van der Waals surface area contributed by atoms with Gasteiger partial charge in [-0.25, -0.2) is 9.97 Å². The molecule has 3 aromatic rings. The van der Waals surface area contributed by atoms with E-state index in [1.165, 1.54) is 12.8 Å². The van der Waals surface area contributed by atoms with Crippen LogP contribution in [0.2, 0.25) is 0 Å². The summed E-state index contributed by atoms with van der Waals surface area (Å²) >= 11 is 0. The van der Waals surface area contributed by atoms with Gasteiger partial charge in [0.2, 0.25) is 0 Å². The van der Waals surface area contributed by atoms with Gasteiger partial charge >= 0.3 is 0 Å². The summed E-state index contributed by atoms with van der Waals surface area (Å²) in [7, 11) is 0. The van der Waals surface area contributed by atoms with Crippen molar-refractivity contribution in [1.29, 1.82) is 0 Å². The molecule has 4 heterocycles. The molecule has 7 heteroatoms. The minimum Gasteiger partial charge on any atom is -0.455 e. The zero-order valence-electron chi connectivity index (χ0n) is 16.5. The fraction of sp³-hybridized carbons (Fsp3) is 0.409. The molecule has 2 aliphatic heterocycles. The Kier molecular flexibility index (Phi) is 4.89. The number of rotatable bonds is 4. The maximum atomic E-state index is 12.9. The second-order valence-electron chi connectivity index (χ2n) is 7.74. The van der Waals surface area contributed by atoms with Crippen molar-refractivity contribution in [2.24, 2.45) is 0 Å². The molecular formula is C22H25N5O2. The van der Waals surface area contributed by atoms with E-state index in [9.17, 15) is 4.79 Å². The van der Waals surface area contributed by atoms with Gasteiger partial charge in [-0.15, -0.1) is 0 Å². The Bertz CT molecular complexity index is 998. The van der Waals surface area contributed by atoms with E-state index >= 15 is 0 Å². The summed E-state index contributed by atoms with van der Waals surface area (Å²) in [6.45, 7) is 5.82. The van der Waals surface area contributed by atoms with Crippen molar-refractivity contribution >= 4 is 22.6 Å². The predicted octanol–water partition coefficient (Wildman–Crippen LogP) is 2.78. The van der Waals surface area contributed by atoms with E-state index in [1.54, 1.807) is 6.33 Å². The van der Waals surface area contributed by atoms with E-state index in [1.807, 2.05) is 41.3 Å². The van der Waals surface area contributed by atoms with Crippen molar-refractivity contribution in [3.63, 3.8) is 0 Å². The fourth-order valence-corrected chi connectivity index (χ4v) is 4.26. The van der Waals surface area contributed by atoms with Gasteiger partial charge in [0.15, 0.2) is 5.76 Å². The molecule has 0 unspecified atom stereocenters. The highest BCUT2D eigenvalue weighted by Gasteiger charge is 2.26. The summed E-state index contributed by atoms with van der Waals surface area (Å²) in [5, 5.41) is 1.05. The number of carbonyl (C=O) groups excluding carboxylic acids is 1. The van der Waals surface area contributed by atoms with Gasteiger partial charge in [0, 0.05) is 31.6 Å². The lowest BCUT2D eigenvalue weighted by Gasteiger charge is -2.35. The van der Waals surface area contributed by atoms with Crippen molar-refractivity contribution in [2.45, 2.75) is 19.4 Å². The van der Waals surface area contributed by atoms with E-state index in [4.69, 9.17) is 4.42 Å². The van der Waals surface area contributed by atoms with Crippen LogP contribution in [0.15, 0.2) is 47.1 Å². The fourth-order valence-electron chi connectivity index (χ4n) is 4.26. The van der Waals surface area contributed by atoms with Crippen molar-refractivity contribution in [2.75, 3.05) is 44.2 Å². The van der Waals surface area contributed by atoms with Crippen molar-refractivity contribution in [3.05, 3.63) is 54.2 Å². The van der Waals surface area contributed by atoms with Gasteiger partial charge < -0.3 is 14.2 Å². The Morgan fingerprint density at radius 1 is 0.931 bits per heavy atom. The quantitative estimate of drug-likeness (QED) is 0.681. The predicted molar refractivity (Wildman–Crippen MR) is 111 cm³/mol. The number of anilines is 1. The Labute approximate surface area is 169 Å². The van der Waals surface area contributed by atoms with Crippen LogP contribution in [0.1, 0.15) is 29.2 Å². The highest BCUT2D eigenvalue weighted by atomic mass is 16.4.